The molecule has 4 rings (SSSR count). The molecule has 1 aliphatic heterocycles. The lowest BCUT2D eigenvalue weighted by atomic mass is 10.1. The van der Waals surface area contributed by atoms with E-state index in [9.17, 15) is 9.59 Å². The molecule has 2 amide bonds. The summed E-state index contributed by atoms with van der Waals surface area (Å²) in [6.07, 6.45) is 1.64. The van der Waals surface area contributed by atoms with Gasteiger partial charge in [0.15, 0.2) is 0 Å². The Hall–Kier alpha value is -1.96. The Labute approximate surface area is 212 Å². The molecule has 0 aromatic heterocycles. The number of halogens is 4. The van der Waals surface area contributed by atoms with Gasteiger partial charge in [-0.1, -0.05) is 68.9 Å². The second-order valence-corrected chi connectivity index (χ2v) is 9.82. The lowest BCUT2D eigenvalue weighted by Gasteiger charge is -2.14. The summed E-state index contributed by atoms with van der Waals surface area (Å²) in [6.45, 7) is 0.250. The lowest BCUT2D eigenvalue weighted by Crippen LogP contribution is -2.27. The molecule has 4 nitrogen and oxygen atoms in total. The van der Waals surface area contributed by atoms with Crippen molar-refractivity contribution in [2.24, 2.45) is 0 Å². The molecule has 32 heavy (non-hydrogen) atoms. The molecule has 0 atom stereocenters. The predicted octanol–water partition coefficient (Wildman–Crippen LogP) is 8.23. The van der Waals surface area contributed by atoms with Gasteiger partial charge in [0.2, 0.25) is 0 Å². The Bertz CT molecular complexity index is 1260. The number of thioether (sulfide) groups is 1. The van der Waals surface area contributed by atoms with Crippen LogP contribution in [0.4, 0.5) is 10.5 Å². The molecule has 9 heteroatoms. The number of imide groups is 1. The van der Waals surface area contributed by atoms with Crippen molar-refractivity contribution in [2.75, 3.05) is 4.90 Å². The van der Waals surface area contributed by atoms with E-state index in [4.69, 9.17) is 39.5 Å². The number of rotatable bonds is 5. The average molecular weight is 570 g/mol. The second-order valence-electron chi connectivity index (χ2n) is 6.69. The van der Waals surface area contributed by atoms with Crippen LogP contribution in [0.2, 0.25) is 15.1 Å². The minimum absolute atomic E-state index is 0.250. The molecule has 3 aromatic carbocycles. The minimum Gasteiger partial charge on any atom is -0.488 e. The SMILES string of the molecule is O=C1S/C(=C\c2cc(Br)ccc2OCc2ccc(Cl)c(Cl)c2)C(=O)N1c1ccccc1Cl. The maximum absolute atomic E-state index is 13.0. The fraction of sp³-hybridized carbons (Fsp3) is 0.0435. The Morgan fingerprint density at radius 1 is 0.938 bits per heavy atom. The van der Waals surface area contributed by atoms with Crippen LogP contribution in [0, 0.1) is 0 Å². The largest absolute Gasteiger partial charge is 0.488 e. The van der Waals surface area contributed by atoms with Crippen LogP contribution in [0.5, 0.6) is 5.75 Å². The highest BCUT2D eigenvalue weighted by Gasteiger charge is 2.37. The van der Waals surface area contributed by atoms with Gasteiger partial charge in [-0.3, -0.25) is 9.59 Å². The molecule has 0 spiro atoms. The maximum atomic E-state index is 13.0. The standard InChI is InChI=1S/C23H13BrCl3NO3S/c24-15-6-8-20(31-12-13-5-7-16(25)18(27)9-13)14(10-15)11-21-22(29)28(23(30)32-21)19-4-2-1-3-17(19)26/h1-11H,12H2/b21-11-. The van der Waals surface area contributed by atoms with Gasteiger partial charge >= 0.3 is 0 Å². The van der Waals surface area contributed by atoms with Gasteiger partial charge in [0, 0.05) is 10.0 Å². The maximum Gasteiger partial charge on any atom is 0.298 e. The van der Waals surface area contributed by atoms with Crippen molar-refractivity contribution >= 4 is 85.4 Å². The van der Waals surface area contributed by atoms with Gasteiger partial charge in [-0.15, -0.1) is 0 Å². The Kier molecular flexibility index (Phi) is 7.17. The highest BCUT2D eigenvalue weighted by molar-refractivity contribution is 9.10. The normalized spacial score (nSPS) is 15.0. The van der Waals surface area contributed by atoms with Crippen molar-refractivity contribution in [1.82, 2.24) is 0 Å². The fourth-order valence-electron chi connectivity index (χ4n) is 3.00. The number of hydrogen-bond donors (Lipinski definition) is 0. The molecular formula is C23H13BrCl3NO3S. The van der Waals surface area contributed by atoms with E-state index in [1.165, 1.54) is 0 Å². The molecule has 1 fully saturated rings. The van der Waals surface area contributed by atoms with E-state index in [-0.39, 0.29) is 11.5 Å². The lowest BCUT2D eigenvalue weighted by molar-refractivity contribution is -0.113. The Morgan fingerprint density at radius 3 is 2.47 bits per heavy atom. The van der Waals surface area contributed by atoms with E-state index < -0.39 is 11.1 Å². The molecule has 0 unspecified atom stereocenters. The Balaban J connectivity index is 1.61. The first-order chi connectivity index (χ1) is 15.3. The van der Waals surface area contributed by atoms with Crippen LogP contribution in [0.25, 0.3) is 6.08 Å². The topological polar surface area (TPSA) is 46.6 Å². The van der Waals surface area contributed by atoms with Crippen LogP contribution in [-0.4, -0.2) is 11.1 Å². The third kappa shape index (κ3) is 5.00. The van der Waals surface area contributed by atoms with Gasteiger partial charge in [0.05, 0.1) is 25.7 Å². The number of carbonyl (C=O) groups excluding carboxylic acids is 2. The molecule has 1 heterocycles. The number of ether oxygens (including phenoxy) is 1. The number of anilines is 1. The minimum atomic E-state index is -0.441. The van der Waals surface area contributed by atoms with E-state index in [0.29, 0.717) is 32.1 Å². The molecular weight excluding hydrogens is 557 g/mol. The van der Waals surface area contributed by atoms with E-state index in [1.807, 2.05) is 18.2 Å². The predicted molar refractivity (Wildman–Crippen MR) is 135 cm³/mol. The van der Waals surface area contributed by atoms with Crippen molar-refractivity contribution in [3.63, 3.8) is 0 Å². The van der Waals surface area contributed by atoms with Gasteiger partial charge in [0.25, 0.3) is 11.1 Å². The summed E-state index contributed by atoms with van der Waals surface area (Å²) in [7, 11) is 0. The zero-order valence-electron chi connectivity index (χ0n) is 16.2. The summed E-state index contributed by atoms with van der Waals surface area (Å²) >= 11 is 22.5. The number of amides is 2. The molecule has 3 aromatic rings. The highest BCUT2D eigenvalue weighted by Crippen LogP contribution is 2.39. The second kappa shape index (κ2) is 9.89. The van der Waals surface area contributed by atoms with Gasteiger partial charge in [-0.05, 0) is 65.9 Å². The van der Waals surface area contributed by atoms with E-state index in [0.717, 1.165) is 26.7 Å². The summed E-state index contributed by atoms with van der Waals surface area (Å²) in [5.74, 6) is 0.104. The molecule has 1 saturated heterocycles. The molecule has 0 saturated carbocycles. The van der Waals surface area contributed by atoms with Crippen LogP contribution in [0.15, 0.2) is 70.0 Å². The van der Waals surface area contributed by atoms with Crippen LogP contribution in [-0.2, 0) is 11.4 Å². The fourth-order valence-corrected chi connectivity index (χ4v) is 4.75. The zero-order valence-corrected chi connectivity index (χ0v) is 20.8. The smallest absolute Gasteiger partial charge is 0.298 e. The molecule has 0 N–H and O–H groups in total. The molecule has 0 aliphatic carbocycles. The third-order valence-corrected chi connectivity index (χ3v) is 6.95. The summed E-state index contributed by atoms with van der Waals surface area (Å²) in [5, 5.41) is 0.817. The number of nitrogens with zero attached hydrogens (tertiary/aromatic N) is 1. The summed E-state index contributed by atoms with van der Waals surface area (Å²) in [6, 6.07) is 17.4. The third-order valence-electron chi connectivity index (χ3n) is 4.52. The first-order valence-electron chi connectivity index (χ1n) is 9.22. The summed E-state index contributed by atoms with van der Waals surface area (Å²) in [4.78, 5) is 26.9. The van der Waals surface area contributed by atoms with Crippen molar-refractivity contribution in [3.05, 3.63) is 96.2 Å². The quantitative estimate of drug-likeness (QED) is 0.291. The zero-order chi connectivity index (χ0) is 22.8. The highest BCUT2D eigenvalue weighted by atomic mass is 79.9. The van der Waals surface area contributed by atoms with Crippen molar-refractivity contribution in [3.8, 4) is 5.75 Å². The summed E-state index contributed by atoms with van der Waals surface area (Å²) < 4.78 is 6.77. The van der Waals surface area contributed by atoms with Gasteiger partial charge < -0.3 is 4.74 Å². The van der Waals surface area contributed by atoms with E-state index in [2.05, 4.69) is 15.9 Å². The van der Waals surface area contributed by atoms with E-state index >= 15 is 0 Å². The first-order valence-corrected chi connectivity index (χ1v) is 12.0. The molecule has 162 valence electrons. The van der Waals surface area contributed by atoms with Crippen molar-refractivity contribution in [2.45, 2.75) is 6.61 Å². The average Bonchev–Trinajstić information content (AvgIpc) is 3.03. The van der Waals surface area contributed by atoms with Crippen LogP contribution >= 0.6 is 62.5 Å². The number of hydrogen-bond acceptors (Lipinski definition) is 4. The Morgan fingerprint density at radius 2 is 1.72 bits per heavy atom. The van der Waals surface area contributed by atoms with Gasteiger partial charge in [-0.2, -0.15) is 0 Å². The van der Waals surface area contributed by atoms with Crippen LogP contribution in [0.1, 0.15) is 11.1 Å². The molecule has 0 bridgehead atoms. The van der Waals surface area contributed by atoms with E-state index in [1.54, 1.807) is 48.5 Å². The van der Waals surface area contributed by atoms with Gasteiger partial charge in [0.1, 0.15) is 12.4 Å². The number of carbonyl (C=O) groups is 2. The molecule has 1 aliphatic rings. The van der Waals surface area contributed by atoms with Crippen molar-refractivity contribution in [1.29, 1.82) is 0 Å². The first kappa shape index (κ1) is 23.2. The van der Waals surface area contributed by atoms with Gasteiger partial charge in [-0.25, -0.2) is 4.90 Å². The van der Waals surface area contributed by atoms with Crippen molar-refractivity contribution < 1.29 is 14.3 Å². The monoisotopic (exact) mass is 567 g/mol. The number of para-hydroxylation sites is 1. The van der Waals surface area contributed by atoms with Crippen LogP contribution < -0.4 is 9.64 Å². The molecule has 0 radical (unpaired) electrons. The summed E-state index contributed by atoms with van der Waals surface area (Å²) in [5.41, 5.74) is 1.84. The van der Waals surface area contributed by atoms with Crippen LogP contribution in [0.3, 0.4) is 0 Å². The number of benzene rings is 3.